The lowest BCUT2D eigenvalue weighted by Crippen LogP contribution is -2.33. The van der Waals surface area contributed by atoms with E-state index < -0.39 is 0 Å². The number of aliphatic hydroxyl groups excluding tert-OH is 1. The van der Waals surface area contributed by atoms with Gasteiger partial charge in [0.25, 0.3) is 0 Å². The third-order valence-corrected chi connectivity index (χ3v) is 3.58. The number of pyridine rings is 1. The van der Waals surface area contributed by atoms with Crippen LogP contribution in [0.15, 0.2) is 18.3 Å². The van der Waals surface area contributed by atoms with E-state index in [4.69, 9.17) is 23.1 Å². The maximum absolute atomic E-state index is 9.01. The second kappa shape index (κ2) is 6.79. The summed E-state index contributed by atoms with van der Waals surface area (Å²) in [5.41, 5.74) is 6.60. The largest absolute Gasteiger partial charge is 0.395 e. The molecule has 19 heavy (non-hydrogen) atoms. The van der Waals surface area contributed by atoms with Gasteiger partial charge in [-0.25, -0.2) is 4.98 Å². The SMILES string of the molecule is NC(=S)c1cccnc1N1CCCN(CCO)CC1. The Balaban J connectivity index is 2.12. The first kappa shape index (κ1) is 14.2. The monoisotopic (exact) mass is 280 g/mol. The Morgan fingerprint density at radius 1 is 1.37 bits per heavy atom. The van der Waals surface area contributed by atoms with Crippen molar-refractivity contribution in [1.82, 2.24) is 9.88 Å². The van der Waals surface area contributed by atoms with Gasteiger partial charge in [0.05, 0.1) is 12.2 Å². The zero-order valence-corrected chi connectivity index (χ0v) is 11.8. The minimum absolute atomic E-state index is 0.210. The van der Waals surface area contributed by atoms with E-state index in [9.17, 15) is 0 Å². The highest BCUT2D eigenvalue weighted by Crippen LogP contribution is 2.18. The summed E-state index contributed by atoms with van der Waals surface area (Å²) in [7, 11) is 0. The maximum Gasteiger partial charge on any atom is 0.138 e. The number of hydrogen-bond acceptors (Lipinski definition) is 5. The summed E-state index contributed by atoms with van der Waals surface area (Å²) in [5, 5.41) is 9.01. The van der Waals surface area contributed by atoms with Gasteiger partial charge in [-0.15, -0.1) is 0 Å². The molecule has 104 valence electrons. The third-order valence-electron chi connectivity index (χ3n) is 3.36. The van der Waals surface area contributed by atoms with E-state index >= 15 is 0 Å². The molecule has 1 aromatic heterocycles. The Hall–Kier alpha value is -1.24. The summed E-state index contributed by atoms with van der Waals surface area (Å²) in [5.74, 6) is 0.876. The molecule has 2 rings (SSSR count). The fourth-order valence-corrected chi connectivity index (χ4v) is 2.55. The van der Waals surface area contributed by atoms with Crippen molar-refractivity contribution in [3.05, 3.63) is 23.9 Å². The number of aliphatic hydroxyl groups is 1. The molecular weight excluding hydrogens is 260 g/mol. The highest BCUT2D eigenvalue weighted by atomic mass is 32.1. The molecule has 0 radical (unpaired) electrons. The van der Waals surface area contributed by atoms with Crippen LogP contribution in [0.3, 0.4) is 0 Å². The summed E-state index contributed by atoms with van der Waals surface area (Å²) >= 11 is 5.09. The van der Waals surface area contributed by atoms with Gasteiger partial charge in [0.2, 0.25) is 0 Å². The van der Waals surface area contributed by atoms with Gasteiger partial charge in [-0.2, -0.15) is 0 Å². The zero-order chi connectivity index (χ0) is 13.7. The van der Waals surface area contributed by atoms with E-state index in [2.05, 4.69) is 14.8 Å². The van der Waals surface area contributed by atoms with Gasteiger partial charge in [0, 0.05) is 32.4 Å². The van der Waals surface area contributed by atoms with Crippen LogP contribution in [-0.4, -0.2) is 59.3 Å². The molecule has 0 aromatic carbocycles. The molecule has 1 fully saturated rings. The van der Waals surface area contributed by atoms with Crippen molar-refractivity contribution >= 4 is 23.0 Å². The molecule has 3 N–H and O–H groups in total. The van der Waals surface area contributed by atoms with Crippen LogP contribution in [0.5, 0.6) is 0 Å². The molecule has 0 atom stereocenters. The lowest BCUT2D eigenvalue weighted by Gasteiger charge is -2.24. The molecule has 6 heteroatoms. The van der Waals surface area contributed by atoms with Crippen LogP contribution in [0.1, 0.15) is 12.0 Å². The van der Waals surface area contributed by atoms with Crippen LogP contribution < -0.4 is 10.6 Å². The first-order valence-electron chi connectivity index (χ1n) is 6.55. The summed E-state index contributed by atoms with van der Waals surface area (Å²) < 4.78 is 0. The van der Waals surface area contributed by atoms with Gasteiger partial charge < -0.3 is 15.7 Å². The number of rotatable bonds is 4. The average Bonchev–Trinajstić information content (AvgIpc) is 2.65. The number of aromatic nitrogens is 1. The normalized spacial score (nSPS) is 17.2. The molecule has 1 aliphatic rings. The fourth-order valence-electron chi connectivity index (χ4n) is 2.39. The molecule has 0 aliphatic carbocycles. The van der Waals surface area contributed by atoms with E-state index in [1.54, 1.807) is 6.20 Å². The first-order chi connectivity index (χ1) is 9.22. The predicted octanol–water partition coefficient (Wildman–Crippen LogP) is 0.220. The van der Waals surface area contributed by atoms with Crippen LogP contribution in [0, 0.1) is 0 Å². The van der Waals surface area contributed by atoms with Crippen LogP contribution >= 0.6 is 12.2 Å². The Morgan fingerprint density at radius 2 is 2.21 bits per heavy atom. The molecule has 2 heterocycles. The molecule has 1 aliphatic heterocycles. The fraction of sp³-hybridized carbons (Fsp3) is 0.538. The molecule has 0 spiro atoms. The standard InChI is InChI=1S/C13H20N4OS/c14-12(19)11-3-1-4-15-13(11)17-6-2-5-16(7-8-17)9-10-18/h1,3-4,18H,2,5-10H2,(H2,14,19). The first-order valence-corrected chi connectivity index (χ1v) is 6.96. The molecule has 0 bridgehead atoms. The summed E-state index contributed by atoms with van der Waals surface area (Å²) in [4.78, 5) is 9.31. The van der Waals surface area contributed by atoms with E-state index in [0.29, 0.717) is 4.99 Å². The Labute approximate surface area is 119 Å². The molecule has 0 saturated carbocycles. The maximum atomic E-state index is 9.01. The van der Waals surface area contributed by atoms with Gasteiger partial charge in [-0.1, -0.05) is 12.2 Å². The second-order valence-electron chi connectivity index (χ2n) is 4.64. The van der Waals surface area contributed by atoms with E-state index in [0.717, 1.165) is 50.5 Å². The van der Waals surface area contributed by atoms with Crippen molar-refractivity contribution in [1.29, 1.82) is 0 Å². The highest BCUT2D eigenvalue weighted by Gasteiger charge is 2.18. The van der Waals surface area contributed by atoms with Crippen LogP contribution in [0.25, 0.3) is 0 Å². The topological polar surface area (TPSA) is 65.6 Å². The Kier molecular flexibility index (Phi) is 5.07. The van der Waals surface area contributed by atoms with Crippen molar-refractivity contribution in [3.63, 3.8) is 0 Å². The van der Waals surface area contributed by atoms with Crippen LogP contribution in [0.2, 0.25) is 0 Å². The summed E-state index contributed by atoms with van der Waals surface area (Å²) in [6.07, 6.45) is 2.82. The second-order valence-corrected chi connectivity index (χ2v) is 5.08. The van der Waals surface area contributed by atoms with E-state index in [1.807, 2.05) is 12.1 Å². The van der Waals surface area contributed by atoms with Crippen molar-refractivity contribution in [3.8, 4) is 0 Å². The number of nitrogens with two attached hydrogens (primary N) is 1. The summed E-state index contributed by atoms with van der Waals surface area (Å²) in [6, 6.07) is 3.77. The average molecular weight is 280 g/mol. The Morgan fingerprint density at radius 3 is 2.95 bits per heavy atom. The number of hydrogen-bond donors (Lipinski definition) is 2. The summed E-state index contributed by atoms with van der Waals surface area (Å²) in [6.45, 7) is 4.70. The number of nitrogens with zero attached hydrogens (tertiary/aromatic N) is 3. The number of thiocarbonyl (C=S) groups is 1. The van der Waals surface area contributed by atoms with Crippen LogP contribution in [-0.2, 0) is 0 Å². The lowest BCUT2D eigenvalue weighted by atomic mass is 10.2. The van der Waals surface area contributed by atoms with Crippen molar-refractivity contribution in [2.45, 2.75) is 6.42 Å². The predicted molar refractivity (Wildman–Crippen MR) is 80.5 cm³/mol. The molecule has 1 aromatic rings. The van der Waals surface area contributed by atoms with Crippen LogP contribution in [0.4, 0.5) is 5.82 Å². The molecule has 1 saturated heterocycles. The van der Waals surface area contributed by atoms with Gasteiger partial charge >= 0.3 is 0 Å². The van der Waals surface area contributed by atoms with Crippen molar-refractivity contribution < 1.29 is 5.11 Å². The van der Waals surface area contributed by atoms with Crippen molar-refractivity contribution in [2.75, 3.05) is 44.2 Å². The highest BCUT2D eigenvalue weighted by molar-refractivity contribution is 7.80. The van der Waals surface area contributed by atoms with Gasteiger partial charge in [-0.3, -0.25) is 4.90 Å². The Bertz CT molecular complexity index is 440. The minimum Gasteiger partial charge on any atom is -0.395 e. The van der Waals surface area contributed by atoms with Gasteiger partial charge in [0.1, 0.15) is 10.8 Å². The molecule has 5 nitrogen and oxygen atoms in total. The molecule has 0 unspecified atom stereocenters. The quantitative estimate of drug-likeness (QED) is 0.769. The van der Waals surface area contributed by atoms with Gasteiger partial charge in [-0.05, 0) is 25.1 Å². The minimum atomic E-state index is 0.210. The molecular formula is C13H20N4OS. The van der Waals surface area contributed by atoms with E-state index in [1.165, 1.54) is 0 Å². The zero-order valence-electron chi connectivity index (χ0n) is 11.0. The van der Waals surface area contributed by atoms with Gasteiger partial charge in [0.15, 0.2) is 0 Å². The smallest absolute Gasteiger partial charge is 0.138 e. The molecule has 0 amide bonds. The third kappa shape index (κ3) is 3.62. The number of anilines is 1. The lowest BCUT2D eigenvalue weighted by molar-refractivity contribution is 0.204. The number of β-amino-alcohol motifs (C(OH)–C–C–N with tert-alkyl or cyclic N) is 1. The van der Waals surface area contributed by atoms with Crippen molar-refractivity contribution in [2.24, 2.45) is 5.73 Å². The van der Waals surface area contributed by atoms with E-state index in [-0.39, 0.29) is 6.61 Å².